The zero-order valence-corrected chi connectivity index (χ0v) is 22.9. The van der Waals surface area contributed by atoms with Crippen LogP contribution >= 0.6 is 23.2 Å². The fourth-order valence-electron chi connectivity index (χ4n) is 4.72. The number of aromatic amines is 1. The van der Waals surface area contributed by atoms with E-state index in [9.17, 15) is 18.0 Å². The summed E-state index contributed by atoms with van der Waals surface area (Å²) in [6.07, 6.45) is 2.70. The van der Waals surface area contributed by atoms with E-state index >= 15 is 4.39 Å². The standard InChI is InChI=1S/C24H22Cl2FN7O4S/c1-39(37,38)32-20-4-5-21(31-30-20)34(8-6-28-7-9-34)24(36)16-11-14(2-3-18(16)27)10-15-13-29-23(35)19-12-17(25)22(26)33(15)19/h2-5,11-13,28H,6-10H2,1H3,(H-,29,30,32,35)/p+1. The van der Waals surface area contributed by atoms with Crippen LogP contribution in [0.2, 0.25) is 10.2 Å². The lowest BCUT2D eigenvalue weighted by Gasteiger charge is -2.37. The number of anilines is 1. The van der Waals surface area contributed by atoms with E-state index < -0.39 is 21.7 Å². The Kier molecular flexibility index (Phi) is 7.20. The Labute approximate surface area is 232 Å². The molecule has 4 aromatic rings. The van der Waals surface area contributed by atoms with Crippen molar-refractivity contribution in [2.24, 2.45) is 0 Å². The van der Waals surface area contributed by atoms with Crippen molar-refractivity contribution in [1.29, 1.82) is 0 Å². The number of halogens is 3. The first-order chi connectivity index (χ1) is 18.5. The van der Waals surface area contributed by atoms with Gasteiger partial charge in [0.1, 0.15) is 35.1 Å². The van der Waals surface area contributed by atoms with Crippen LogP contribution in [0.1, 0.15) is 21.6 Å². The number of fused-ring (bicyclic) bond motifs is 1. The fourth-order valence-corrected chi connectivity index (χ4v) is 5.65. The minimum atomic E-state index is -3.56. The molecule has 4 heterocycles. The second kappa shape index (κ2) is 10.3. The number of carbonyl (C=O) groups is 1. The van der Waals surface area contributed by atoms with Crippen LogP contribution in [0.5, 0.6) is 0 Å². The fraction of sp³-hybridized carbons (Fsp3) is 0.250. The highest BCUT2D eigenvalue weighted by molar-refractivity contribution is 7.92. The molecule has 1 saturated heterocycles. The van der Waals surface area contributed by atoms with Gasteiger partial charge in [-0.05, 0) is 29.8 Å². The minimum absolute atomic E-state index is 0.00570. The summed E-state index contributed by atoms with van der Waals surface area (Å²) in [5, 5.41) is 11.6. The van der Waals surface area contributed by atoms with Gasteiger partial charge in [-0.15, -0.1) is 5.10 Å². The summed E-state index contributed by atoms with van der Waals surface area (Å²) in [6.45, 7) is 1.52. The topological polar surface area (TPSA) is 138 Å². The largest absolute Gasteiger partial charge is 0.355 e. The molecule has 15 heteroatoms. The zero-order chi connectivity index (χ0) is 27.9. The summed E-state index contributed by atoms with van der Waals surface area (Å²) in [4.78, 5) is 28.9. The third kappa shape index (κ3) is 5.28. The number of H-pyrrole nitrogens is 1. The van der Waals surface area contributed by atoms with E-state index in [0.717, 1.165) is 6.26 Å². The Balaban J connectivity index is 1.53. The number of hydrogen-bond acceptors (Lipinski definition) is 7. The van der Waals surface area contributed by atoms with Gasteiger partial charge in [0.05, 0.1) is 11.3 Å². The maximum absolute atomic E-state index is 15.2. The van der Waals surface area contributed by atoms with E-state index in [1.165, 1.54) is 40.9 Å². The number of hydrogen-bond donors (Lipinski definition) is 3. The Hall–Kier alpha value is -3.36. The quantitative estimate of drug-likeness (QED) is 0.292. The summed E-state index contributed by atoms with van der Waals surface area (Å²) >= 11 is 12.5. The molecule has 204 valence electrons. The van der Waals surface area contributed by atoms with Crippen molar-refractivity contribution in [3.63, 3.8) is 0 Å². The van der Waals surface area contributed by atoms with Crippen molar-refractivity contribution < 1.29 is 17.6 Å². The predicted octanol–water partition coefficient (Wildman–Crippen LogP) is 2.58. The van der Waals surface area contributed by atoms with E-state index in [0.29, 0.717) is 24.3 Å². The summed E-state index contributed by atoms with van der Waals surface area (Å²) in [5.74, 6) is -0.938. The van der Waals surface area contributed by atoms with Crippen molar-refractivity contribution in [3.8, 4) is 0 Å². The molecular weight excluding hydrogens is 572 g/mol. The molecule has 1 aliphatic rings. The first kappa shape index (κ1) is 27.2. The maximum Gasteiger partial charge on any atom is 0.355 e. The average Bonchev–Trinajstić information content (AvgIpc) is 3.21. The van der Waals surface area contributed by atoms with Gasteiger partial charge in [-0.3, -0.25) is 13.9 Å². The van der Waals surface area contributed by atoms with E-state index in [4.69, 9.17) is 23.2 Å². The van der Waals surface area contributed by atoms with E-state index in [1.807, 2.05) is 0 Å². The number of carbonyl (C=O) groups excluding carboxylic acids is 1. The second-order valence-corrected chi connectivity index (χ2v) is 11.7. The van der Waals surface area contributed by atoms with Crippen LogP contribution in [0.3, 0.4) is 0 Å². The van der Waals surface area contributed by atoms with Crippen LogP contribution in [0, 0.1) is 5.82 Å². The lowest BCUT2D eigenvalue weighted by molar-refractivity contribution is 0.0731. The highest BCUT2D eigenvalue weighted by atomic mass is 35.5. The molecule has 0 radical (unpaired) electrons. The molecule has 0 unspecified atom stereocenters. The maximum atomic E-state index is 15.2. The molecule has 3 aromatic heterocycles. The number of quaternary nitrogens is 1. The van der Waals surface area contributed by atoms with Gasteiger partial charge in [0.15, 0.2) is 5.82 Å². The number of benzene rings is 1. The number of nitrogens with zero attached hydrogens (tertiary/aromatic N) is 4. The van der Waals surface area contributed by atoms with Crippen LogP contribution in [-0.2, 0) is 16.4 Å². The molecule has 5 rings (SSSR count). The van der Waals surface area contributed by atoms with Crippen LogP contribution in [-0.4, -0.2) is 66.3 Å². The molecule has 39 heavy (non-hydrogen) atoms. The van der Waals surface area contributed by atoms with Crippen molar-refractivity contribution in [3.05, 3.63) is 85.8 Å². The average molecular weight is 595 g/mol. The normalized spacial score (nSPS) is 15.4. The molecule has 1 amide bonds. The lowest BCUT2D eigenvalue weighted by Crippen LogP contribution is -2.63. The van der Waals surface area contributed by atoms with Gasteiger partial charge >= 0.3 is 5.91 Å². The van der Waals surface area contributed by atoms with Crippen LogP contribution in [0.4, 0.5) is 16.0 Å². The smallest absolute Gasteiger partial charge is 0.326 e. The molecule has 0 bridgehead atoms. The molecule has 1 aromatic carbocycles. The molecular formula is C24H23Cl2FN7O4S+. The number of sulfonamides is 1. The summed E-state index contributed by atoms with van der Waals surface area (Å²) in [5.41, 5.74) is 0.940. The van der Waals surface area contributed by atoms with Crippen molar-refractivity contribution >= 4 is 56.3 Å². The summed E-state index contributed by atoms with van der Waals surface area (Å²) in [6, 6.07) is 8.64. The molecule has 0 atom stereocenters. The number of rotatable bonds is 6. The minimum Gasteiger partial charge on any atom is -0.326 e. The Morgan fingerprint density at radius 3 is 2.56 bits per heavy atom. The highest BCUT2D eigenvalue weighted by Gasteiger charge is 2.44. The monoisotopic (exact) mass is 594 g/mol. The van der Waals surface area contributed by atoms with Gasteiger partial charge in [0, 0.05) is 37.5 Å². The first-order valence-corrected chi connectivity index (χ1v) is 14.4. The van der Waals surface area contributed by atoms with Crippen molar-refractivity contribution in [2.75, 3.05) is 37.2 Å². The first-order valence-electron chi connectivity index (χ1n) is 11.8. The third-order valence-corrected chi connectivity index (χ3v) is 7.88. The van der Waals surface area contributed by atoms with Gasteiger partial charge in [-0.25, -0.2) is 22.1 Å². The molecule has 11 nitrogen and oxygen atoms in total. The molecule has 0 aliphatic carbocycles. The predicted molar refractivity (Wildman–Crippen MR) is 146 cm³/mol. The Bertz CT molecular complexity index is 1750. The van der Waals surface area contributed by atoms with Crippen molar-refractivity contribution in [2.45, 2.75) is 6.42 Å². The van der Waals surface area contributed by atoms with E-state index in [1.54, 1.807) is 6.07 Å². The Morgan fingerprint density at radius 2 is 1.90 bits per heavy atom. The lowest BCUT2D eigenvalue weighted by atomic mass is 10.0. The van der Waals surface area contributed by atoms with Gasteiger partial charge in [0.25, 0.3) is 11.4 Å². The van der Waals surface area contributed by atoms with Gasteiger partial charge in [-0.2, -0.15) is 0 Å². The van der Waals surface area contributed by atoms with Gasteiger partial charge < -0.3 is 10.3 Å². The SMILES string of the molecule is CS(=O)(=O)Nc1ccc([N+]2(C(=O)c3cc(Cc4c[nH]c(=O)c5cc(Cl)c(Cl)n45)ccc3F)CCNCC2)nn1. The molecule has 0 saturated carbocycles. The molecule has 3 N–H and O–H groups in total. The molecule has 1 aliphatic heterocycles. The number of piperazine rings is 1. The van der Waals surface area contributed by atoms with Crippen LogP contribution < -0.4 is 20.1 Å². The molecule has 1 fully saturated rings. The van der Waals surface area contributed by atoms with Gasteiger partial charge in [0.2, 0.25) is 10.0 Å². The molecule has 0 spiro atoms. The zero-order valence-electron chi connectivity index (χ0n) is 20.5. The van der Waals surface area contributed by atoms with Crippen LogP contribution in [0.15, 0.2) is 47.4 Å². The Morgan fingerprint density at radius 1 is 1.15 bits per heavy atom. The van der Waals surface area contributed by atoms with Crippen LogP contribution in [0.25, 0.3) is 5.52 Å². The third-order valence-electron chi connectivity index (χ3n) is 6.54. The summed E-state index contributed by atoms with van der Waals surface area (Å²) in [7, 11) is -3.56. The summed E-state index contributed by atoms with van der Waals surface area (Å²) < 4.78 is 41.7. The van der Waals surface area contributed by atoms with E-state index in [-0.39, 0.29) is 62.4 Å². The van der Waals surface area contributed by atoms with Crippen molar-refractivity contribution in [1.82, 2.24) is 29.4 Å². The second-order valence-electron chi connectivity index (χ2n) is 9.23. The van der Waals surface area contributed by atoms with Gasteiger partial charge in [-0.1, -0.05) is 34.4 Å². The number of amides is 1. The van der Waals surface area contributed by atoms with E-state index in [2.05, 4.69) is 25.2 Å². The number of nitrogens with one attached hydrogen (secondary N) is 3. The highest BCUT2D eigenvalue weighted by Crippen LogP contribution is 2.29. The number of aromatic nitrogens is 4.